The fourth-order valence-corrected chi connectivity index (χ4v) is 2.73. The van der Waals surface area contributed by atoms with Crippen LogP contribution in [0.25, 0.3) is 17.2 Å². The molecule has 3 aromatic rings. The number of carbonyl (C=O) groups is 2. The summed E-state index contributed by atoms with van der Waals surface area (Å²) in [5.74, 6) is -1.43. The second kappa shape index (κ2) is 8.92. The van der Waals surface area contributed by atoms with E-state index >= 15 is 0 Å². The zero-order valence-corrected chi connectivity index (χ0v) is 15.9. The molecule has 0 N–H and O–H groups in total. The van der Waals surface area contributed by atoms with Gasteiger partial charge in [-0.3, -0.25) is 4.57 Å². The van der Waals surface area contributed by atoms with Gasteiger partial charge in [-0.15, -0.1) is 0 Å². The third-order valence-corrected chi connectivity index (χ3v) is 4.16. The van der Waals surface area contributed by atoms with Crippen LogP contribution < -0.4 is 10.5 Å². The lowest BCUT2D eigenvalue weighted by Gasteiger charge is -2.07. The molecule has 3 rings (SSSR count). The van der Waals surface area contributed by atoms with Crippen molar-refractivity contribution >= 4 is 29.1 Å². The Bertz CT molecular complexity index is 1090. The number of carbonyl (C=O) groups excluding carboxylic acids is 2. The smallest absolute Gasteiger partial charge is 0.420 e. The van der Waals surface area contributed by atoms with Crippen LogP contribution in [0.4, 0.5) is 0 Å². The Balaban J connectivity index is 1.67. The minimum atomic E-state index is -0.782. The van der Waals surface area contributed by atoms with E-state index in [2.05, 4.69) is 9.47 Å². The van der Waals surface area contributed by atoms with Gasteiger partial charge in [-0.05, 0) is 35.9 Å². The van der Waals surface area contributed by atoms with Crippen LogP contribution in [0.2, 0.25) is 0 Å². The third kappa shape index (κ3) is 4.55. The summed E-state index contributed by atoms with van der Waals surface area (Å²) in [5.41, 5.74) is 1.62. The molecule has 150 valence electrons. The maximum atomic E-state index is 11.9. The van der Waals surface area contributed by atoms with Gasteiger partial charge in [0.1, 0.15) is 17.9 Å². The van der Waals surface area contributed by atoms with Gasteiger partial charge in [0.15, 0.2) is 5.58 Å². The van der Waals surface area contributed by atoms with E-state index in [0.29, 0.717) is 29.0 Å². The SMILES string of the molecule is COC(=O)C(=Cc1ccc(OCCn2c(=O)oc3ccccc32)cc1)C(=O)OC. The highest BCUT2D eigenvalue weighted by molar-refractivity contribution is 6.17. The first kappa shape index (κ1) is 19.9. The highest BCUT2D eigenvalue weighted by atomic mass is 16.5. The van der Waals surface area contributed by atoms with Crippen molar-refractivity contribution in [1.82, 2.24) is 4.57 Å². The fourth-order valence-electron chi connectivity index (χ4n) is 2.73. The normalized spacial score (nSPS) is 10.4. The Kier molecular flexibility index (Phi) is 6.13. The van der Waals surface area contributed by atoms with Crippen LogP contribution in [-0.2, 0) is 25.6 Å². The van der Waals surface area contributed by atoms with E-state index in [-0.39, 0.29) is 12.2 Å². The molecule has 0 spiro atoms. The number of benzene rings is 2. The second-order valence-electron chi connectivity index (χ2n) is 5.95. The number of para-hydroxylation sites is 2. The Morgan fingerprint density at radius 1 is 1.00 bits per heavy atom. The van der Waals surface area contributed by atoms with Gasteiger partial charge in [-0.25, -0.2) is 14.4 Å². The molecule has 29 heavy (non-hydrogen) atoms. The van der Waals surface area contributed by atoms with Crippen molar-refractivity contribution in [2.75, 3.05) is 20.8 Å². The first-order valence-electron chi connectivity index (χ1n) is 8.73. The molecule has 0 radical (unpaired) electrons. The Hall–Kier alpha value is -3.81. The van der Waals surface area contributed by atoms with E-state index < -0.39 is 17.7 Å². The predicted octanol–water partition coefficient (Wildman–Crippen LogP) is 2.40. The first-order valence-corrected chi connectivity index (χ1v) is 8.73. The van der Waals surface area contributed by atoms with Crippen LogP contribution in [0.15, 0.2) is 63.3 Å². The molecule has 0 atom stereocenters. The van der Waals surface area contributed by atoms with Crippen LogP contribution >= 0.6 is 0 Å². The summed E-state index contributed by atoms with van der Waals surface area (Å²) in [4.78, 5) is 35.4. The van der Waals surface area contributed by atoms with Crippen LogP contribution in [0.5, 0.6) is 5.75 Å². The van der Waals surface area contributed by atoms with E-state index in [1.165, 1.54) is 24.9 Å². The summed E-state index contributed by atoms with van der Waals surface area (Å²) in [5, 5.41) is 0. The number of rotatable bonds is 7. The van der Waals surface area contributed by atoms with E-state index in [1.807, 2.05) is 12.1 Å². The summed E-state index contributed by atoms with van der Waals surface area (Å²) in [6.07, 6.45) is 1.37. The molecule has 8 heteroatoms. The van der Waals surface area contributed by atoms with Gasteiger partial charge in [0, 0.05) is 0 Å². The number of hydrogen-bond donors (Lipinski definition) is 0. The number of esters is 2. The lowest BCUT2D eigenvalue weighted by molar-refractivity contribution is -0.143. The summed E-state index contributed by atoms with van der Waals surface area (Å²) < 4.78 is 21.5. The molecule has 1 aromatic heterocycles. The highest BCUT2D eigenvalue weighted by Gasteiger charge is 2.19. The summed E-state index contributed by atoms with van der Waals surface area (Å²) >= 11 is 0. The Morgan fingerprint density at radius 3 is 2.31 bits per heavy atom. The molecular weight excluding hydrogens is 378 g/mol. The van der Waals surface area contributed by atoms with Crippen molar-refractivity contribution in [2.24, 2.45) is 0 Å². The molecule has 0 saturated heterocycles. The van der Waals surface area contributed by atoms with Crippen LogP contribution in [-0.4, -0.2) is 37.3 Å². The van der Waals surface area contributed by atoms with E-state index in [0.717, 1.165) is 0 Å². The van der Waals surface area contributed by atoms with Crippen molar-refractivity contribution in [3.05, 3.63) is 70.2 Å². The van der Waals surface area contributed by atoms with Gasteiger partial charge in [0.2, 0.25) is 0 Å². The molecule has 0 aliphatic carbocycles. The van der Waals surface area contributed by atoms with E-state index in [1.54, 1.807) is 36.4 Å². The maximum Gasteiger partial charge on any atom is 0.420 e. The lowest BCUT2D eigenvalue weighted by atomic mass is 10.1. The molecule has 0 aliphatic heterocycles. The quantitative estimate of drug-likeness (QED) is 0.261. The predicted molar refractivity (Wildman–Crippen MR) is 104 cm³/mol. The zero-order chi connectivity index (χ0) is 20.8. The number of nitrogens with zero attached hydrogens (tertiary/aromatic N) is 1. The Labute approximate surface area is 165 Å². The number of ether oxygens (including phenoxy) is 3. The second-order valence-corrected chi connectivity index (χ2v) is 5.95. The fraction of sp³-hybridized carbons (Fsp3) is 0.190. The monoisotopic (exact) mass is 397 g/mol. The van der Waals surface area contributed by atoms with Crippen molar-refractivity contribution in [2.45, 2.75) is 6.54 Å². The molecule has 2 aromatic carbocycles. The standard InChI is InChI=1S/C21H19NO7/c1-26-19(23)16(20(24)27-2)13-14-7-9-15(10-8-14)28-12-11-22-17-5-3-4-6-18(17)29-21(22)25/h3-10,13H,11-12H2,1-2H3. The average Bonchev–Trinajstić information content (AvgIpc) is 3.07. The summed E-state index contributed by atoms with van der Waals surface area (Å²) in [6, 6.07) is 13.9. The molecule has 0 fully saturated rings. The molecular formula is C21H19NO7. The first-order chi connectivity index (χ1) is 14.0. The lowest BCUT2D eigenvalue weighted by Crippen LogP contribution is -2.18. The van der Waals surface area contributed by atoms with Crippen molar-refractivity contribution in [3.8, 4) is 5.75 Å². The third-order valence-electron chi connectivity index (χ3n) is 4.16. The molecule has 0 bridgehead atoms. The van der Waals surface area contributed by atoms with Gasteiger partial charge in [0.05, 0.1) is 26.3 Å². The summed E-state index contributed by atoms with van der Waals surface area (Å²) in [7, 11) is 2.37. The van der Waals surface area contributed by atoms with Gasteiger partial charge < -0.3 is 18.6 Å². The van der Waals surface area contributed by atoms with Crippen LogP contribution in [0.1, 0.15) is 5.56 Å². The summed E-state index contributed by atoms with van der Waals surface area (Å²) in [6.45, 7) is 0.584. The molecule has 0 saturated carbocycles. The minimum Gasteiger partial charge on any atom is -0.492 e. The molecule has 0 unspecified atom stereocenters. The van der Waals surface area contributed by atoms with Gasteiger partial charge >= 0.3 is 17.7 Å². The number of methoxy groups -OCH3 is 2. The zero-order valence-electron chi connectivity index (χ0n) is 15.9. The number of oxazole rings is 1. The topological polar surface area (TPSA) is 97.0 Å². The Morgan fingerprint density at radius 2 is 1.66 bits per heavy atom. The van der Waals surface area contributed by atoms with Crippen molar-refractivity contribution in [3.63, 3.8) is 0 Å². The molecule has 0 aliphatic rings. The van der Waals surface area contributed by atoms with Gasteiger partial charge in [0.25, 0.3) is 0 Å². The number of fused-ring (bicyclic) bond motifs is 1. The number of aromatic nitrogens is 1. The van der Waals surface area contributed by atoms with Crippen LogP contribution in [0, 0.1) is 0 Å². The van der Waals surface area contributed by atoms with Gasteiger partial charge in [-0.1, -0.05) is 24.3 Å². The van der Waals surface area contributed by atoms with Crippen molar-refractivity contribution in [1.29, 1.82) is 0 Å². The van der Waals surface area contributed by atoms with E-state index in [4.69, 9.17) is 9.15 Å². The minimum absolute atomic E-state index is 0.213. The maximum absolute atomic E-state index is 11.9. The van der Waals surface area contributed by atoms with Crippen LogP contribution in [0.3, 0.4) is 0 Å². The number of hydrogen-bond acceptors (Lipinski definition) is 7. The van der Waals surface area contributed by atoms with Gasteiger partial charge in [-0.2, -0.15) is 0 Å². The highest BCUT2D eigenvalue weighted by Crippen LogP contribution is 2.16. The molecule has 8 nitrogen and oxygen atoms in total. The average molecular weight is 397 g/mol. The van der Waals surface area contributed by atoms with E-state index in [9.17, 15) is 14.4 Å². The molecule has 1 heterocycles. The largest absolute Gasteiger partial charge is 0.492 e. The van der Waals surface area contributed by atoms with Crippen molar-refractivity contribution < 1.29 is 28.2 Å². The molecule has 0 amide bonds.